The van der Waals surface area contributed by atoms with E-state index in [1.54, 1.807) is 6.20 Å². The van der Waals surface area contributed by atoms with Gasteiger partial charge in [0.1, 0.15) is 0 Å². The van der Waals surface area contributed by atoms with Crippen LogP contribution in [0, 0.1) is 6.07 Å². The number of aromatic nitrogens is 1. The van der Waals surface area contributed by atoms with Crippen LogP contribution in [0.5, 0.6) is 0 Å². The van der Waals surface area contributed by atoms with Gasteiger partial charge in [0, 0.05) is 12.1 Å². The number of pyridine rings is 1. The van der Waals surface area contributed by atoms with Gasteiger partial charge in [0.25, 0.3) is 0 Å². The van der Waals surface area contributed by atoms with Gasteiger partial charge in [-0.05, 0) is 23.8 Å². The van der Waals surface area contributed by atoms with Gasteiger partial charge in [-0.15, -0.1) is 6.58 Å². The van der Waals surface area contributed by atoms with Gasteiger partial charge in [0.2, 0.25) is 0 Å². The van der Waals surface area contributed by atoms with Gasteiger partial charge in [0.05, 0.1) is 5.69 Å². The largest absolute Gasteiger partial charge is 0.260 e. The molecule has 1 aromatic carbocycles. The molecule has 0 bridgehead atoms. The van der Waals surface area contributed by atoms with E-state index in [9.17, 15) is 0 Å². The van der Waals surface area contributed by atoms with Crippen molar-refractivity contribution in [2.24, 2.45) is 0 Å². The monoisotopic (exact) mass is 194 g/mol. The summed E-state index contributed by atoms with van der Waals surface area (Å²) in [4.78, 5) is 4.34. The van der Waals surface area contributed by atoms with Crippen molar-refractivity contribution in [2.75, 3.05) is 0 Å². The molecule has 0 fully saturated rings. The molecule has 0 aliphatic rings. The van der Waals surface area contributed by atoms with Crippen molar-refractivity contribution in [2.45, 2.75) is 5.92 Å². The number of allylic oxidation sites excluding steroid dienone is 1. The third-order valence-corrected chi connectivity index (χ3v) is 2.31. The van der Waals surface area contributed by atoms with E-state index in [0.717, 1.165) is 11.3 Å². The molecule has 1 atom stereocenters. The van der Waals surface area contributed by atoms with E-state index in [-0.39, 0.29) is 5.92 Å². The molecule has 1 aromatic heterocycles. The second-order valence-corrected chi connectivity index (χ2v) is 3.29. The first-order valence-corrected chi connectivity index (χ1v) is 4.92. The Morgan fingerprint density at radius 3 is 2.67 bits per heavy atom. The summed E-state index contributed by atoms with van der Waals surface area (Å²) in [6.07, 6.45) is 3.70. The maximum atomic E-state index is 4.34. The summed E-state index contributed by atoms with van der Waals surface area (Å²) < 4.78 is 0. The lowest BCUT2D eigenvalue weighted by atomic mass is 9.95. The van der Waals surface area contributed by atoms with Crippen molar-refractivity contribution in [1.29, 1.82) is 0 Å². The molecule has 0 amide bonds. The lowest BCUT2D eigenvalue weighted by molar-refractivity contribution is 0.955. The van der Waals surface area contributed by atoms with Gasteiger partial charge in [-0.1, -0.05) is 36.4 Å². The molecule has 1 heterocycles. The lowest BCUT2D eigenvalue weighted by Crippen LogP contribution is -1.99. The molecule has 73 valence electrons. The Morgan fingerprint density at radius 1 is 1.20 bits per heavy atom. The second-order valence-electron chi connectivity index (χ2n) is 3.29. The highest BCUT2D eigenvalue weighted by atomic mass is 14.7. The van der Waals surface area contributed by atoms with Gasteiger partial charge < -0.3 is 0 Å². The molecule has 2 aromatic rings. The summed E-state index contributed by atoms with van der Waals surface area (Å²) in [5.41, 5.74) is 2.11. The zero-order valence-corrected chi connectivity index (χ0v) is 8.43. The van der Waals surface area contributed by atoms with Crippen molar-refractivity contribution >= 4 is 0 Å². The van der Waals surface area contributed by atoms with Gasteiger partial charge in [-0.2, -0.15) is 0 Å². The molecule has 0 saturated carbocycles. The van der Waals surface area contributed by atoms with Crippen molar-refractivity contribution in [3.8, 4) is 0 Å². The molecule has 1 heteroatoms. The quantitative estimate of drug-likeness (QED) is 0.684. The van der Waals surface area contributed by atoms with Crippen LogP contribution in [0.4, 0.5) is 0 Å². The summed E-state index contributed by atoms with van der Waals surface area (Å²) in [5.74, 6) is 0.132. The lowest BCUT2D eigenvalue weighted by Gasteiger charge is -2.11. The van der Waals surface area contributed by atoms with E-state index in [4.69, 9.17) is 0 Å². The van der Waals surface area contributed by atoms with Crippen LogP contribution in [0.3, 0.4) is 0 Å². The van der Waals surface area contributed by atoms with Crippen LogP contribution in [0.2, 0.25) is 0 Å². The van der Waals surface area contributed by atoms with Crippen molar-refractivity contribution in [1.82, 2.24) is 4.98 Å². The number of rotatable bonds is 3. The third kappa shape index (κ3) is 2.13. The van der Waals surface area contributed by atoms with E-state index in [0.29, 0.717) is 0 Å². The molecule has 2 rings (SSSR count). The van der Waals surface area contributed by atoms with E-state index in [2.05, 4.69) is 17.6 Å². The molecule has 1 nitrogen and oxygen atoms in total. The minimum Gasteiger partial charge on any atom is -0.260 e. The molecular weight excluding hydrogens is 182 g/mol. The Labute approximate surface area is 90.1 Å². The van der Waals surface area contributed by atoms with E-state index in [1.165, 1.54) is 0 Å². The minimum absolute atomic E-state index is 0.132. The fourth-order valence-corrected chi connectivity index (χ4v) is 1.57. The van der Waals surface area contributed by atoms with Crippen molar-refractivity contribution in [3.05, 3.63) is 78.6 Å². The zero-order chi connectivity index (χ0) is 10.5. The molecule has 0 aliphatic heterocycles. The van der Waals surface area contributed by atoms with Crippen LogP contribution in [-0.2, 0) is 0 Å². The molecule has 1 unspecified atom stereocenters. The summed E-state index contributed by atoms with van der Waals surface area (Å²) in [7, 11) is 0. The molecule has 0 saturated heterocycles. The minimum atomic E-state index is 0.132. The summed E-state index contributed by atoms with van der Waals surface area (Å²) in [5, 5.41) is 0. The highest BCUT2D eigenvalue weighted by Gasteiger charge is 2.10. The molecule has 1 radical (unpaired) electrons. The predicted octanol–water partition coefficient (Wildman–Crippen LogP) is 3.20. The standard InChI is InChI=1S/C14H12N/c1-2-13(12-8-4-3-5-9-12)14-10-6-7-11-15-14/h2-8,10-11,13H,1H2. The van der Waals surface area contributed by atoms with E-state index < -0.39 is 0 Å². The Morgan fingerprint density at radius 2 is 2.07 bits per heavy atom. The van der Waals surface area contributed by atoms with Crippen molar-refractivity contribution in [3.63, 3.8) is 0 Å². The Hall–Kier alpha value is -1.89. The summed E-state index contributed by atoms with van der Waals surface area (Å²) in [6, 6.07) is 17.0. The van der Waals surface area contributed by atoms with Crippen LogP contribution in [-0.4, -0.2) is 4.98 Å². The maximum Gasteiger partial charge on any atom is 0.0516 e. The van der Waals surface area contributed by atoms with Crippen LogP contribution in [0.25, 0.3) is 0 Å². The Balaban J connectivity index is 2.38. The maximum absolute atomic E-state index is 4.34. The van der Waals surface area contributed by atoms with Crippen LogP contribution in [0.1, 0.15) is 17.2 Å². The smallest absolute Gasteiger partial charge is 0.0516 e. The Bertz CT molecular complexity index is 380. The first-order valence-electron chi connectivity index (χ1n) is 4.92. The summed E-state index contributed by atoms with van der Waals surface area (Å²) >= 11 is 0. The van der Waals surface area contributed by atoms with Crippen molar-refractivity contribution < 1.29 is 0 Å². The SMILES string of the molecule is C=CC(c1[c]cccc1)c1ccccn1. The van der Waals surface area contributed by atoms with Crippen LogP contribution >= 0.6 is 0 Å². The fraction of sp³-hybridized carbons (Fsp3) is 0.0714. The predicted molar refractivity (Wildman–Crippen MR) is 61.6 cm³/mol. The average molecular weight is 194 g/mol. The van der Waals surface area contributed by atoms with E-state index >= 15 is 0 Å². The van der Waals surface area contributed by atoms with Gasteiger partial charge in [-0.3, -0.25) is 4.98 Å². The highest BCUT2D eigenvalue weighted by molar-refractivity contribution is 5.31. The van der Waals surface area contributed by atoms with Gasteiger partial charge >= 0.3 is 0 Å². The molecule has 0 spiro atoms. The Kier molecular flexibility index (Phi) is 2.93. The second kappa shape index (κ2) is 4.56. The van der Waals surface area contributed by atoms with E-state index in [1.807, 2.05) is 48.5 Å². The number of hydrogen-bond donors (Lipinski definition) is 0. The van der Waals surface area contributed by atoms with Gasteiger partial charge in [-0.25, -0.2) is 0 Å². The summed E-state index contributed by atoms with van der Waals surface area (Å²) in [6.45, 7) is 3.85. The zero-order valence-electron chi connectivity index (χ0n) is 8.43. The van der Waals surface area contributed by atoms with Crippen LogP contribution in [0.15, 0.2) is 61.3 Å². The fourth-order valence-electron chi connectivity index (χ4n) is 1.57. The highest BCUT2D eigenvalue weighted by Crippen LogP contribution is 2.22. The average Bonchev–Trinajstić information content (AvgIpc) is 2.33. The molecule has 15 heavy (non-hydrogen) atoms. The normalized spacial score (nSPS) is 12.0. The molecule has 0 aliphatic carbocycles. The molecular formula is C14H12N. The number of benzene rings is 1. The first kappa shape index (κ1) is 9.66. The van der Waals surface area contributed by atoms with Gasteiger partial charge in [0.15, 0.2) is 0 Å². The number of hydrogen-bond acceptors (Lipinski definition) is 1. The number of nitrogens with zero attached hydrogens (tertiary/aromatic N) is 1. The first-order chi connectivity index (χ1) is 7.42. The van der Waals surface area contributed by atoms with Crippen LogP contribution < -0.4 is 0 Å². The molecule has 0 N–H and O–H groups in total. The topological polar surface area (TPSA) is 12.9 Å². The third-order valence-electron chi connectivity index (χ3n) is 2.31.